The van der Waals surface area contributed by atoms with Gasteiger partial charge in [-0.25, -0.2) is 4.79 Å². The Kier molecular flexibility index (Phi) is 4.99. The van der Waals surface area contributed by atoms with Crippen LogP contribution in [0.15, 0.2) is 30.3 Å². The van der Waals surface area contributed by atoms with Gasteiger partial charge in [0.1, 0.15) is 18.1 Å². The third kappa shape index (κ3) is 3.00. The molecule has 1 aromatic carbocycles. The molecule has 4 aliphatic rings. The normalized spacial score (nSPS) is 40.8. The maximum absolute atomic E-state index is 13.3. The molecule has 184 valence electrons. The first-order valence-electron chi connectivity index (χ1n) is 12.0. The van der Waals surface area contributed by atoms with Crippen LogP contribution in [0.5, 0.6) is 0 Å². The van der Waals surface area contributed by atoms with Gasteiger partial charge in [-0.15, -0.1) is 0 Å². The maximum atomic E-state index is 13.3. The van der Waals surface area contributed by atoms with Gasteiger partial charge in [-0.2, -0.15) is 0 Å². The summed E-state index contributed by atoms with van der Waals surface area (Å²) >= 11 is 0. The van der Waals surface area contributed by atoms with Crippen LogP contribution in [0.25, 0.3) is 0 Å². The van der Waals surface area contributed by atoms with Crippen LogP contribution in [-0.4, -0.2) is 52.5 Å². The first-order chi connectivity index (χ1) is 15.9. The lowest BCUT2D eigenvalue weighted by molar-refractivity contribution is -0.193. The van der Waals surface area contributed by atoms with Crippen molar-refractivity contribution < 1.29 is 34.1 Å². The number of nitrogens with one attached hydrogen (secondary N) is 1. The number of rotatable bonds is 5. The Morgan fingerprint density at radius 3 is 2.50 bits per heavy atom. The highest BCUT2D eigenvalue weighted by atomic mass is 16.6. The van der Waals surface area contributed by atoms with Crippen LogP contribution < -0.4 is 5.32 Å². The summed E-state index contributed by atoms with van der Waals surface area (Å²) in [4.78, 5) is 38.1. The number of amides is 1. The van der Waals surface area contributed by atoms with E-state index in [4.69, 9.17) is 9.47 Å². The largest absolute Gasteiger partial charge is 0.464 e. The van der Waals surface area contributed by atoms with Crippen molar-refractivity contribution in [2.45, 2.75) is 70.8 Å². The number of esters is 2. The molecule has 34 heavy (non-hydrogen) atoms. The summed E-state index contributed by atoms with van der Waals surface area (Å²) < 4.78 is 11.5. The molecule has 0 aromatic heterocycles. The number of ether oxygens (including phenoxy) is 2. The summed E-state index contributed by atoms with van der Waals surface area (Å²) in [5.74, 6) is -2.07. The van der Waals surface area contributed by atoms with Crippen molar-refractivity contribution in [3.8, 4) is 0 Å². The van der Waals surface area contributed by atoms with E-state index in [-0.39, 0.29) is 29.8 Å². The second-order valence-corrected chi connectivity index (χ2v) is 11.7. The molecular weight excluding hydrogens is 438 g/mol. The minimum absolute atomic E-state index is 0.0897. The van der Waals surface area contributed by atoms with Crippen LogP contribution in [0.2, 0.25) is 0 Å². The van der Waals surface area contributed by atoms with Crippen molar-refractivity contribution in [3.05, 3.63) is 35.9 Å². The summed E-state index contributed by atoms with van der Waals surface area (Å²) in [6.45, 7) is 7.38. The number of carbonyl (C=O) groups is 3. The molecule has 3 saturated carbocycles. The number of benzene rings is 1. The van der Waals surface area contributed by atoms with Crippen LogP contribution in [-0.2, 0) is 23.9 Å². The number of fused-ring (bicyclic) bond motifs is 1. The van der Waals surface area contributed by atoms with Crippen molar-refractivity contribution >= 4 is 17.8 Å². The Balaban J connectivity index is 1.47. The Morgan fingerprint density at radius 1 is 1.18 bits per heavy atom. The molecule has 1 heterocycles. The molecule has 8 nitrogen and oxygen atoms in total. The minimum atomic E-state index is -1.64. The zero-order chi connectivity index (χ0) is 24.7. The van der Waals surface area contributed by atoms with Crippen molar-refractivity contribution in [2.24, 2.45) is 28.1 Å². The first kappa shape index (κ1) is 23.3. The number of hydrogen-bond donors (Lipinski definition) is 3. The van der Waals surface area contributed by atoms with Gasteiger partial charge in [0, 0.05) is 12.8 Å². The van der Waals surface area contributed by atoms with Crippen LogP contribution in [0, 0.1) is 28.1 Å². The molecule has 1 amide bonds. The molecule has 0 unspecified atom stereocenters. The standard InChI is InChI=1S/C26H33NO7/c1-14(28)27-18(15-8-6-5-7-9-15)19(29)21(30)34-20-16-10-23(2,3)11-17(16)24(4,32)26-12-25(20,26)13-33-22(26)31/h5-9,16-20,29,32H,10-13H2,1-4H3,(H,27,28)/t16-,17+,18+,19-,20+,24+,25-,26+/m1/s1. The molecular formula is C26H33NO7. The SMILES string of the molecule is CC(=O)N[C@@H](c1ccccc1)[C@@H](O)C(=O)O[C@H]1[C@@H]2CC(C)(C)C[C@@H]2[C@](C)(O)[C@@]23C[C@@]12COC3=O. The van der Waals surface area contributed by atoms with E-state index in [0.717, 1.165) is 6.42 Å². The topological polar surface area (TPSA) is 122 Å². The summed E-state index contributed by atoms with van der Waals surface area (Å²) in [7, 11) is 0. The summed E-state index contributed by atoms with van der Waals surface area (Å²) in [6, 6.07) is 7.79. The van der Waals surface area contributed by atoms with Crippen LogP contribution in [0.1, 0.15) is 58.6 Å². The Bertz CT molecular complexity index is 1040. The molecule has 3 N–H and O–H groups in total. The molecule has 0 spiro atoms. The highest BCUT2D eigenvalue weighted by Crippen LogP contribution is 2.82. The molecule has 1 saturated heterocycles. The van der Waals surface area contributed by atoms with Gasteiger partial charge in [-0.3, -0.25) is 9.59 Å². The van der Waals surface area contributed by atoms with E-state index in [1.165, 1.54) is 6.92 Å². The van der Waals surface area contributed by atoms with Crippen molar-refractivity contribution in [1.29, 1.82) is 0 Å². The van der Waals surface area contributed by atoms with E-state index in [1.807, 2.05) is 0 Å². The lowest BCUT2D eigenvalue weighted by Crippen LogP contribution is -2.59. The monoisotopic (exact) mass is 471 g/mol. The quantitative estimate of drug-likeness (QED) is 0.561. The van der Waals surface area contributed by atoms with E-state index in [2.05, 4.69) is 19.2 Å². The van der Waals surface area contributed by atoms with E-state index in [0.29, 0.717) is 18.4 Å². The molecule has 3 aliphatic carbocycles. The lowest BCUT2D eigenvalue weighted by atomic mass is 9.60. The number of aliphatic hydroxyl groups is 2. The Morgan fingerprint density at radius 2 is 1.85 bits per heavy atom. The van der Waals surface area contributed by atoms with Crippen LogP contribution in [0.4, 0.5) is 0 Å². The predicted molar refractivity (Wildman–Crippen MR) is 120 cm³/mol. The van der Waals surface area contributed by atoms with Gasteiger partial charge < -0.3 is 25.0 Å². The smallest absolute Gasteiger partial charge is 0.337 e. The van der Waals surface area contributed by atoms with Gasteiger partial charge in [0.15, 0.2) is 6.10 Å². The van der Waals surface area contributed by atoms with Crippen LogP contribution >= 0.6 is 0 Å². The van der Waals surface area contributed by atoms with E-state index in [1.54, 1.807) is 37.3 Å². The summed E-state index contributed by atoms with van der Waals surface area (Å²) in [6.07, 6.45) is -0.473. The Hall–Kier alpha value is -2.45. The van der Waals surface area contributed by atoms with E-state index in [9.17, 15) is 24.6 Å². The average molecular weight is 472 g/mol. The molecule has 4 fully saturated rings. The highest BCUT2D eigenvalue weighted by Gasteiger charge is 2.91. The second kappa shape index (κ2) is 7.28. The zero-order valence-electron chi connectivity index (χ0n) is 20.0. The highest BCUT2D eigenvalue weighted by molar-refractivity contribution is 5.88. The molecule has 5 rings (SSSR count). The predicted octanol–water partition coefficient (Wildman–Crippen LogP) is 1.89. The average Bonchev–Trinajstić information content (AvgIpc) is 3.26. The number of carbonyl (C=O) groups excluding carboxylic acids is 3. The summed E-state index contributed by atoms with van der Waals surface area (Å²) in [5.41, 5.74) is -2.65. The molecule has 8 heteroatoms. The van der Waals surface area contributed by atoms with Gasteiger partial charge in [-0.1, -0.05) is 44.2 Å². The van der Waals surface area contributed by atoms with Gasteiger partial charge in [0.05, 0.1) is 17.1 Å². The molecule has 8 atom stereocenters. The van der Waals surface area contributed by atoms with Crippen LogP contribution in [0.3, 0.4) is 0 Å². The lowest BCUT2D eigenvalue weighted by Gasteiger charge is -2.48. The fraction of sp³-hybridized carbons (Fsp3) is 0.654. The molecule has 1 aromatic rings. The zero-order valence-corrected chi connectivity index (χ0v) is 20.0. The molecule has 0 bridgehead atoms. The minimum Gasteiger partial charge on any atom is -0.464 e. The molecule has 0 radical (unpaired) electrons. The summed E-state index contributed by atoms with van der Waals surface area (Å²) in [5, 5.41) is 25.3. The third-order valence-corrected chi connectivity index (χ3v) is 9.03. The molecule has 1 aliphatic heterocycles. The van der Waals surface area contributed by atoms with Gasteiger partial charge in [0.2, 0.25) is 5.91 Å². The fourth-order valence-corrected chi connectivity index (χ4v) is 7.54. The fourth-order valence-electron chi connectivity index (χ4n) is 7.54. The van der Waals surface area contributed by atoms with E-state index >= 15 is 0 Å². The maximum Gasteiger partial charge on any atom is 0.337 e. The van der Waals surface area contributed by atoms with Gasteiger partial charge in [0.25, 0.3) is 0 Å². The number of hydrogen-bond acceptors (Lipinski definition) is 7. The van der Waals surface area contributed by atoms with Gasteiger partial charge >= 0.3 is 11.9 Å². The number of aliphatic hydroxyl groups excluding tert-OH is 1. The Labute approximate surface area is 199 Å². The third-order valence-electron chi connectivity index (χ3n) is 9.03. The van der Waals surface area contributed by atoms with Gasteiger partial charge in [-0.05, 0) is 43.1 Å². The van der Waals surface area contributed by atoms with Crippen molar-refractivity contribution in [3.63, 3.8) is 0 Å². The first-order valence-corrected chi connectivity index (χ1v) is 12.0. The second-order valence-electron chi connectivity index (χ2n) is 11.7. The van der Waals surface area contributed by atoms with Crippen molar-refractivity contribution in [1.82, 2.24) is 5.32 Å². The van der Waals surface area contributed by atoms with Crippen molar-refractivity contribution in [2.75, 3.05) is 6.61 Å². The number of cyclic esters (lactones) is 1. The van der Waals surface area contributed by atoms with E-state index < -0.39 is 46.6 Å².